The minimum absolute atomic E-state index is 0.333. The number of halogens is 1. The summed E-state index contributed by atoms with van der Waals surface area (Å²) >= 11 is 8.24. The number of aryl methyl sites for hydroxylation is 1. The van der Waals surface area contributed by atoms with Crippen molar-refractivity contribution in [2.45, 2.75) is 29.4 Å². The van der Waals surface area contributed by atoms with E-state index in [-0.39, 0.29) is 0 Å². The summed E-state index contributed by atoms with van der Waals surface area (Å²) in [7, 11) is 0. The monoisotopic (exact) mass is 437 g/mol. The van der Waals surface area contributed by atoms with Gasteiger partial charge in [-0.3, -0.25) is 0 Å². The average Bonchev–Trinajstić information content (AvgIpc) is 3.10. The highest BCUT2D eigenvalue weighted by Gasteiger charge is 2.54. The summed E-state index contributed by atoms with van der Waals surface area (Å²) in [6.07, 6.45) is 4.19. The van der Waals surface area contributed by atoms with E-state index in [0.29, 0.717) is 23.0 Å². The van der Waals surface area contributed by atoms with Gasteiger partial charge in [-0.05, 0) is 42.2 Å². The predicted octanol–water partition coefficient (Wildman–Crippen LogP) is 3.66. The second kappa shape index (κ2) is 6.80. The number of fused-ring (bicyclic) bond motifs is 3. The van der Waals surface area contributed by atoms with Gasteiger partial charge < -0.3 is 15.6 Å². The topological polar surface area (TPSA) is 96.6 Å². The van der Waals surface area contributed by atoms with Crippen LogP contribution in [0.3, 0.4) is 0 Å². The van der Waals surface area contributed by atoms with Gasteiger partial charge >= 0.3 is 0 Å². The standard InChI is InChI=1S/C21H20ClN7S/c1-2-14-17(22)16-19(26-14)27-21(28-20(16)29-7-12-13(8-29)18(12)23)30-11-4-3-10-6-24-9-25-15(10)5-11/h3-6,9,12-13,18H,2,7-8,23H2,1H3,(H,26,27,28). The molecular formula is C21H20ClN7S. The van der Waals surface area contributed by atoms with E-state index < -0.39 is 0 Å². The number of nitrogens with one attached hydrogen (secondary N) is 1. The minimum atomic E-state index is 0.333. The Morgan fingerprint density at radius 3 is 2.90 bits per heavy atom. The van der Waals surface area contributed by atoms with Crippen LogP contribution < -0.4 is 10.6 Å². The first-order valence-corrected chi connectivity index (χ1v) is 11.3. The van der Waals surface area contributed by atoms with Crippen molar-refractivity contribution in [2.24, 2.45) is 17.6 Å². The maximum absolute atomic E-state index is 6.71. The molecule has 9 heteroatoms. The molecule has 0 spiro atoms. The Morgan fingerprint density at radius 2 is 2.10 bits per heavy atom. The highest BCUT2D eigenvalue weighted by Crippen LogP contribution is 2.47. The molecule has 1 aliphatic carbocycles. The summed E-state index contributed by atoms with van der Waals surface area (Å²) in [4.78, 5) is 24.9. The molecule has 0 bridgehead atoms. The number of anilines is 1. The van der Waals surface area contributed by atoms with Crippen LogP contribution in [0.25, 0.3) is 21.9 Å². The highest BCUT2D eigenvalue weighted by atomic mass is 35.5. The van der Waals surface area contributed by atoms with Gasteiger partial charge in [0.05, 0.1) is 15.9 Å². The number of aromatic nitrogens is 5. The van der Waals surface area contributed by atoms with E-state index >= 15 is 0 Å². The Balaban J connectivity index is 1.42. The van der Waals surface area contributed by atoms with Gasteiger partial charge in [0.1, 0.15) is 17.8 Å². The third kappa shape index (κ3) is 2.85. The highest BCUT2D eigenvalue weighted by molar-refractivity contribution is 7.99. The van der Waals surface area contributed by atoms with E-state index in [4.69, 9.17) is 27.3 Å². The van der Waals surface area contributed by atoms with Gasteiger partial charge in [-0.1, -0.05) is 24.6 Å². The first-order valence-electron chi connectivity index (χ1n) is 10.1. The van der Waals surface area contributed by atoms with Crippen LogP contribution in [0.15, 0.2) is 40.8 Å². The zero-order valence-corrected chi connectivity index (χ0v) is 17.9. The summed E-state index contributed by atoms with van der Waals surface area (Å²) in [6, 6.07) is 6.44. The van der Waals surface area contributed by atoms with E-state index in [1.807, 2.05) is 24.4 Å². The van der Waals surface area contributed by atoms with Crippen LogP contribution in [0, 0.1) is 11.8 Å². The van der Waals surface area contributed by atoms with Crippen LogP contribution in [0.1, 0.15) is 12.6 Å². The van der Waals surface area contributed by atoms with Gasteiger partial charge in [-0.2, -0.15) is 0 Å². The molecule has 1 saturated heterocycles. The summed E-state index contributed by atoms with van der Waals surface area (Å²) < 4.78 is 0. The molecule has 30 heavy (non-hydrogen) atoms. The fourth-order valence-electron chi connectivity index (χ4n) is 4.46. The zero-order chi connectivity index (χ0) is 20.4. The lowest BCUT2D eigenvalue weighted by Gasteiger charge is -2.21. The van der Waals surface area contributed by atoms with Crippen molar-refractivity contribution in [1.82, 2.24) is 24.9 Å². The van der Waals surface area contributed by atoms with Crippen LogP contribution >= 0.6 is 23.4 Å². The Morgan fingerprint density at radius 1 is 1.27 bits per heavy atom. The molecule has 6 rings (SSSR count). The number of H-pyrrole nitrogens is 1. The number of hydrogen-bond donors (Lipinski definition) is 2. The summed E-state index contributed by atoms with van der Waals surface area (Å²) in [5, 5.41) is 3.34. The van der Waals surface area contributed by atoms with Crippen LogP contribution in [0.4, 0.5) is 5.82 Å². The van der Waals surface area contributed by atoms with E-state index in [1.54, 1.807) is 6.33 Å². The molecule has 4 aromatic rings. The van der Waals surface area contributed by atoms with Gasteiger partial charge in [0.25, 0.3) is 0 Å². The molecule has 3 aromatic heterocycles. The molecule has 2 fully saturated rings. The molecule has 152 valence electrons. The molecule has 1 aromatic carbocycles. The molecule has 0 radical (unpaired) electrons. The molecule has 2 aliphatic rings. The summed E-state index contributed by atoms with van der Waals surface area (Å²) in [5.74, 6) is 2.04. The number of rotatable bonds is 4. The molecule has 7 nitrogen and oxygen atoms in total. The number of benzene rings is 1. The van der Waals surface area contributed by atoms with Gasteiger partial charge in [-0.15, -0.1) is 0 Å². The predicted molar refractivity (Wildman–Crippen MR) is 119 cm³/mol. The molecule has 2 unspecified atom stereocenters. The van der Waals surface area contributed by atoms with Gasteiger partial charge in [0.2, 0.25) is 0 Å². The second-order valence-electron chi connectivity index (χ2n) is 7.98. The Hall–Kier alpha value is -2.42. The summed E-state index contributed by atoms with van der Waals surface area (Å²) in [6.45, 7) is 3.94. The van der Waals surface area contributed by atoms with Crippen molar-refractivity contribution in [2.75, 3.05) is 18.0 Å². The largest absolute Gasteiger partial charge is 0.355 e. The number of aromatic amines is 1. The van der Waals surface area contributed by atoms with Crippen molar-refractivity contribution in [3.05, 3.63) is 41.4 Å². The van der Waals surface area contributed by atoms with E-state index in [1.165, 1.54) is 11.8 Å². The first kappa shape index (κ1) is 18.4. The van der Waals surface area contributed by atoms with Crippen LogP contribution in [0.5, 0.6) is 0 Å². The third-order valence-corrected chi connectivity index (χ3v) is 7.50. The average molecular weight is 438 g/mol. The minimum Gasteiger partial charge on any atom is -0.355 e. The van der Waals surface area contributed by atoms with Crippen LogP contribution in [-0.4, -0.2) is 44.1 Å². The van der Waals surface area contributed by atoms with Crippen molar-refractivity contribution in [1.29, 1.82) is 0 Å². The van der Waals surface area contributed by atoms with Gasteiger partial charge in [0, 0.05) is 41.3 Å². The molecule has 3 N–H and O–H groups in total. The number of piperidine rings is 1. The number of nitrogens with zero attached hydrogens (tertiary/aromatic N) is 5. The lowest BCUT2D eigenvalue weighted by molar-refractivity contribution is 0.732. The van der Waals surface area contributed by atoms with E-state index in [0.717, 1.165) is 62.9 Å². The van der Waals surface area contributed by atoms with Crippen LogP contribution in [0.2, 0.25) is 5.02 Å². The van der Waals surface area contributed by atoms with Crippen molar-refractivity contribution >= 4 is 51.1 Å². The Kier molecular flexibility index (Phi) is 4.16. The van der Waals surface area contributed by atoms with Crippen LogP contribution in [-0.2, 0) is 6.42 Å². The SMILES string of the molecule is CCc1[nH]c2nc(Sc3ccc4cncnc4c3)nc(N3CC4C(N)C4C3)c2c1Cl. The molecule has 1 saturated carbocycles. The quantitative estimate of drug-likeness (QED) is 0.470. The fourth-order valence-corrected chi connectivity index (χ4v) is 5.60. The molecular weight excluding hydrogens is 418 g/mol. The maximum atomic E-state index is 6.71. The van der Waals surface area contributed by atoms with E-state index in [9.17, 15) is 0 Å². The molecule has 0 amide bonds. The molecule has 1 aliphatic heterocycles. The fraction of sp³-hybridized carbons (Fsp3) is 0.333. The molecule has 4 heterocycles. The smallest absolute Gasteiger partial charge is 0.196 e. The van der Waals surface area contributed by atoms with Crippen molar-refractivity contribution in [3.8, 4) is 0 Å². The normalized spacial score (nSPS) is 22.8. The lowest BCUT2D eigenvalue weighted by Crippen LogP contribution is -2.29. The van der Waals surface area contributed by atoms with E-state index in [2.05, 4.69) is 26.8 Å². The molecule has 2 atom stereocenters. The van der Waals surface area contributed by atoms with Crippen molar-refractivity contribution < 1.29 is 0 Å². The first-order chi connectivity index (χ1) is 14.6. The Bertz CT molecular complexity index is 1280. The van der Waals surface area contributed by atoms with Crippen molar-refractivity contribution in [3.63, 3.8) is 0 Å². The second-order valence-corrected chi connectivity index (χ2v) is 9.40. The number of hydrogen-bond acceptors (Lipinski definition) is 7. The maximum Gasteiger partial charge on any atom is 0.196 e. The lowest BCUT2D eigenvalue weighted by atomic mass is 10.2. The zero-order valence-electron chi connectivity index (χ0n) is 16.3. The third-order valence-electron chi connectivity index (χ3n) is 6.22. The number of nitrogens with two attached hydrogens (primary N) is 1. The van der Waals surface area contributed by atoms with Gasteiger partial charge in [0.15, 0.2) is 5.16 Å². The van der Waals surface area contributed by atoms with Gasteiger partial charge in [-0.25, -0.2) is 19.9 Å². The summed E-state index contributed by atoms with van der Waals surface area (Å²) in [5.41, 5.74) is 8.84. The Labute approximate surface area is 182 Å².